The summed E-state index contributed by atoms with van der Waals surface area (Å²) in [5.74, 6) is 6.52. The van der Waals surface area contributed by atoms with Gasteiger partial charge in [-0.1, -0.05) is 26.0 Å². The van der Waals surface area contributed by atoms with Gasteiger partial charge >= 0.3 is 6.16 Å². The van der Waals surface area contributed by atoms with E-state index in [4.69, 9.17) is 31.8 Å². The fraction of sp³-hybridized carbons (Fsp3) is 0.593. The number of nitrogens with one attached hydrogen (secondary N) is 1. The number of terminal acetylenes is 2. The number of hydrogen-bond donors (Lipinski definition) is 1. The van der Waals surface area contributed by atoms with E-state index in [-0.39, 0.29) is 25.2 Å². The second-order valence-electron chi connectivity index (χ2n) is 8.77. The first-order valence-electron chi connectivity index (χ1n) is 11.7. The summed E-state index contributed by atoms with van der Waals surface area (Å²) in [6.07, 6.45) is 13.8. The lowest BCUT2D eigenvalue weighted by Crippen LogP contribution is -2.38. The molecule has 180 valence electrons. The second kappa shape index (κ2) is 15.2. The normalized spacial score (nSPS) is 13.9. The molecule has 1 saturated carbocycles. The molecule has 0 aromatic heterocycles. The smallest absolute Gasteiger partial charge is 0.490 e. The van der Waals surface area contributed by atoms with Crippen molar-refractivity contribution < 1.29 is 23.7 Å². The molecule has 2 rings (SSSR count). The van der Waals surface area contributed by atoms with Gasteiger partial charge in [-0.25, -0.2) is 4.79 Å². The first kappa shape index (κ1) is 26.6. The van der Waals surface area contributed by atoms with Crippen LogP contribution in [-0.4, -0.2) is 51.3 Å². The van der Waals surface area contributed by atoms with Crippen LogP contribution in [0.3, 0.4) is 0 Å². The van der Waals surface area contributed by atoms with E-state index in [0.29, 0.717) is 25.1 Å². The van der Waals surface area contributed by atoms with Gasteiger partial charge in [0.05, 0.1) is 13.2 Å². The molecule has 0 amide bonds. The van der Waals surface area contributed by atoms with E-state index in [1.54, 1.807) is 0 Å². The minimum absolute atomic E-state index is 0.0753. The Morgan fingerprint density at radius 3 is 2.42 bits per heavy atom. The van der Waals surface area contributed by atoms with Crippen LogP contribution >= 0.6 is 0 Å². The molecule has 6 nitrogen and oxygen atoms in total. The van der Waals surface area contributed by atoms with Crippen LogP contribution in [0.25, 0.3) is 0 Å². The van der Waals surface area contributed by atoms with Crippen molar-refractivity contribution in [3.05, 3.63) is 29.8 Å². The molecule has 1 N–H and O–H groups in total. The zero-order chi connectivity index (χ0) is 23.9. The van der Waals surface area contributed by atoms with E-state index in [0.717, 1.165) is 25.6 Å². The molecule has 0 bridgehead atoms. The van der Waals surface area contributed by atoms with Gasteiger partial charge < -0.3 is 24.3 Å². The third-order valence-corrected chi connectivity index (χ3v) is 5.21. The Morgan fingerprint density at radius 1 is 1.12 bits per heavy atom. The molecule has 0 radical (unpaired) electrons. The van der Waals surface area contributed by atoms with Gasteiger partial charge in [-0.3, -0.25) is 0 Å². The predicted octanol–water partition coefficient (Wildman–Crippen LogP) is 4.22. The van der Waals surface area contributed by atoms with Crippen molar-refractivity contribution >= 4 is 6.16 Å². The first-order chi connectivity index (χ1) is 16.0. The van der Waals surface area contributed by atoms with Crippen molar-refractivity contribution in [3.8, 4) is 30.4 Å². The van der Waals surface area contributed by atoms with Gasteiger partial charge in [0.15, 0.2) is 6.10 Å². The van der Waals surface area contributed by atoms with Crippen LogP contribution in [0.2, 0.25) is 0 Å². The molecule has 1 aliphatic rings. The lowest BCUT2D eigenvalue weighted by molar-refractivity contribution is 0.000987. The van der Waals surface area contributed by atoms with E-state index in [2.05, 4.69) is 17.2 Å². The number of hydrogen-bond acceptors (Lipinski definition) is 6. The summed E-state index contributed by atoms with van der Waals surface area (Å²) in [5, 5.41) is 3.26. The maximum Gasteiger partial charge on any atom is 0.508 e. The summed E-state index contributed by atoms with van der Waals surface area (Å²) in [6.45, 7) is 6.44. The van der Waals surface area contributed by atoms with Crippen LogP contribution in [0.15, 0.2) is 24.3 Å². The standard InChI is InChI=1S/C27H37NO5/c1-5-7-23(8-6-2)19-32-27(29)33-26(17-28-21(3)4)20-31-25-13-11-22(12-14-25)15-16-30-18-24-9-10-24/h1-2,11-14,21,23-24,26,28H,7-10,15-20H2,3-4H3. The molecule has 1 atom stereocenters. The summed E-state index contributed by atoms with van der Waals surface area (Å²) >= 11 is 0. The van der Waals surface area contributed by atoms with Crippen molar-refractivity contribution in [1.29, 1.82) is 0 Å². The number of carbonyl (C=O) groups is 1. The third-order valence-electron chi connectivity index (χ3n) is 5.21. The van der Waals surface area contributed by atoms with Gasteiger partial charge in [0.2, 0.25) is 0 Å². The molecule has 0 spiro atoms. The van der Waals surface area contributed by atoms with E-state index >= 15 is 0 Å². The van der Waals surface area contributed by atoms with Gasteiger partial charge in [0.25, 0.3) is 0 Å². The quantitative estimate of drug-likeness (QED) is 0.229. The maximum absolute atomic E-state index is 12.2. The zero-order valence-corrected chi connectivity index (χ0v) is 19.9. The molecule has 33 heavy (non-hydrogen) atoms. The molecule has 1 aromatic carbocycles. The third kappa shape index (κ3) is 12.2. The summed E-state index contributed by atoms with van der Waals surface area (Å²) in [4.78, 5) is 12.2. The van der Waals surface area contributed by atoms with Gasteiger partial charge in [-0.2, -0.15) is 0 Å². The van der Waals surface area contributed by atoms with Crippen molar-refractivity contribution in [2.24, 2.45) is 11.8 Å². The molecule has 0 aliphatic heterocycles. The highest BCUT2D eigenvalue weighted by atomic mass is 16.7. The van der Waals surface area contributed by atoms with Crippen LogP contribution in [0.1, 0.15) is 45.1 Å². The van der Waals surface area contributed by atoms with Crippen LogP contribution < -0.4 is 10.1 Å². The molecule has 1 aromatic rings. The molecular formula is C27H37NO5. The largest absolute Gasteiger partial charge is 0.508 e. The van der Waals surface area contributed by atoms with Crippen LogP contribution in [0.5, 0.6) is 5.75 Å². The number of rotatable bonds is 16. The first-order valence-corrected chi connectivity index (χ1v) is 11.7. The molecule has 1 unspecified atom stereocenters. The van der Waals surface area contributed by atoms with Crippen molar-refractivity contribution in [2.45, 2.75) is 58.1 Å². The van der Waals surface area contributed by atoms with Crippen LogP contribution in [0.4, 0.5) is 4.79 Å². The minimum Gasteiger partial charge on any atom is -0.490 e. The summed E-state index contributed by atoms with van der Waals surface area (Å²) in [7, 11) is 0. The highest BCUT2D eigenvalue weighted by Gasteiger charge is 2.21. The Kier molecular flexibility index (Phi) is 12.3. The van der Waals surface area contributed by atoms with Crippen molar-refractivity contribution in [2.75, 3.05) is 33.0 Å². The molecule has 6 heteroatoms. The maximum atomic E-state index is 12.2. The average Bonchev–Trinajstić information content (AvgIpc) is 3.62. The van der Waals surface area contributed by atoms with Crippen molar-refractivity contribution in [3.63, 3.8) is 0 Å². The topological polar surface area (TPSA) is 66.0 Å². The summed E-state index contributed by atoms with van der Waals surface area (Å²) in [6, 6.07) is 8.15. The van der Waals surface area contributed by atoms with E-state index in [1.807, 2.05) is 38.1 Å². The lowest BCUT2D eigenvalue weighted by Gasteiger charge is -2.21. The van der Waals surface area contributed by atoms with Gasteiger partial charge in [-0.05, 0) is 42.9 Å². The van der Waals surface area contributed by atoms with E-state index < -0.39 is 12.3 Å². The number of ether oxygens (including phenoxy) is 4. The Hall–Kier alpha value is -2.67. The van der Waals surface area contributed by atoms with E-state index in [1.165, 1.54) is 18.4 Å². The number of benzene rings is 1. The van der Waals surface area contributed by atoms with Crippen LogP contribution in [-0.2, 0) is 20.6 Å². The Bertz CT molecular complexity index is 757. The van der Waals surface area contributed by atoms with Gasteiger partial charge in [-0.15, -0.1) is 24.7 Å². The molecular weight excluding hydrogens is 418 g/mol. The molecule has 1 fully saturated rings. The predicted molar refractivity (Wildman–Crippen MR) is 129 cm³/mol. The monoisotopic (exact) mass is 455 g/mol. The fourth-order valence-corrected chi connectivity index (χ4v) is 3.05. The summed E-state index contributed by atoms with van der Waals surface area (Å²) in [5.41, 5.74) is 1.20. The van der Waals surface area contributed by atoms with Gasteiger partial charge in [0.1, 0.15) is 12.4 Å². The van der Waals surface area contributed by atoms with Crippen molar-refractivity contribution in [1.82, 2.24) is 5.32 Å². The highest BCUT2D eigenvalue weighted by molar-refractivity contribution is 5.60. The molecule has 1 aliphatic carbocycles. The Labute approximate surface area is 198 Å². The minimum atomic E-state index is -0.755. The SMILES string of the molecule is C#CCC(CC#C)COC(=O)OC(CNC(C)C)COc1ccc(CCOCC2CC2)cc1. The summed E-state index contributed by atoms with van der Waals surface area (Å²) < 4.78 is 22.3. The Balaban J connectivity index is 1.77. The molecule has 0 heterocycles. The molecule has 0 saturated heterocycles. The van der Waals surface area contributed by atoms with Crippen LogP contribution in [0, 0.1) is 36.5 Å². The zero-order valence-electron chi connectivity index (χ0n) is 19.9. The Morgan fingerprint density at radius 2 is 1.82 bits per heavy atom. The number of carbonyl (C=O) groups excluding carboxylic acids is 1. The highest BCUT2D eigenvalue weighted by Crippen LogP contribution is 2.28. The van der Waals surface area contributed by atoms with Gasteiger partial charge in [0, 0.05) is 38.0 Å². The lowest BCUT2D eigenvalue weighted by atomic mass is 10.0. The average molecular weight is 456 g/mol. The second-order valence-corrected chi connectivity index (χ2v) is 8.77. The van der Waals surface area contributed by atoms with E-state index in [9.17, 15) is 4.79 Å². The fourth-order valence-electron chi connectivity index (χ4n) is 3.05.